The molecule has 0 rings (SSSR count). The van der Waals surface area contributed by atoms with Crippen LogP contribution in [0, 0.1) is 11.8 Å². The molecule has 1 atom stereocenters. The van der Waals surface area contributed by atoms with Gasteiger partial charge in [0, 0.05) is 0 Å². The van der Waals surface area contributed by atoms with Crippen LogP contribution in [0.2, 0.25) is 0 Å². The van der Waals surface area contributed by atoms with Crippen molar-refractivity contribution >= 4 is 0 Å². The Morgan fingerprint density at radius 1 is 1.55 bits per heavy atom. The van der Waals surface area contributed by atoms with Crippen molar-refractivity contribution in [2.45, 2.75) is 34.1 Å². The van der Waals surface area contributed by atoms with Gasteiger partial charge in [-0.3, -0.25) is 0 Å². The Morgan fingerprint density at radius 3 is 2.36 bits per heavy atom. The number of hydrogen-bond donors (Lipinski definition) is 1. The maximum atomic E-state index is 4.95. The molecule has 2 nitrogen and oxygen atoms in total. The molecule has 0 heterocycles. The molecule has 2 N–H and O–H groups in total. The third kappa shape index (κ3) is 3.42. The van der Waals surface area contributed by atoms with Crippen molar-refractivity contribution in [3.63, 3.8) is 0 Å². The Bertz CT molecular complexity index is 130. The van der Waals surface area contributed by atoms with E-state index in [1.807, 2.05) is 0 Å². The van der Waals surface area contributed by atoms with Crippen LogP contribution in [0.1, 0.15) is 34.1 Å². The van der Waals surface area contributed by atoms with Gasteiger partial charge in [-0.2, -0.15) is 5.90 Å². The molecule has 0 spiro atoms. The number of nitrogens with two attached hydrogens (primary N) is 1. The first kappa shape index (κ1) is 10.5. The van der Waals surface area contributed by atoms with E-state index < -0.39 is 0 Å². The van der Waals surface area contributed by atoms with Gasteiger partial charge in [-0.15, -0.1) is 0 Å². The van der Waals surface area contributed by atoms with Crippen LogP contribution in [0.3, 0.4) is 0 Å². The molecule has 11 heavy (non-hydrogen) atoms. The fourth-order valence-corrected chi connectivity index (χ4v) is 1.51. The molecule has 0 aromatic heterocycles. The molecule has 0 saturated heterocycles. The minimum Gasteiger partial charge on any atom is -0.419 e. The Morgan fingerprint density at radius 2 is 2.09 bits per heavy atom. The smallest absolute Gasteiger partial charge is 0.110 e. The molecule has 0 amide bonds. The summed E-state index contributed by atoms with van der Waals surface area (Å²) in [6.07, 6.45) is 2.78. The number of rotatable bonds is 4. The monoisotopic (exact) mass is 157 g/mol. The van der Waals surface area contributed by atoms with Crippen LogP contribution in [0.4, 0.5) is 0 Å². The minimum absolute atomic E-state index is 0.596. The van der Waals surface area contributed by atoms with Crippen molar-refractivity contribution < 1.29 is 4.84 Å². The SMILES string of the molecule is CC[C@H](/C(C)=C\ON)C(C)C. The first-order valence-corrected chi connectivity index (χ1v) is 4.15. The quantitative estimate of drug-likeness (QED) is 0.502. The zero-order chi connectivity index (χ0) is 8.85. The van der Waals surface area contributed by atoms with E-state index in [0.29, 0.717) is 11.8 Å². The number of hydrogen-bond acceptors (Lipinski definition) is 2. The zero-order valence-electron chi connectivity index (χ0n) is 7.92. The van der Waals surface area contributed by atoms with Crippen molar-refractivity contribution in [3.05, 3.63) is 11.8 Å². The van der Waals surface area contributed by atoms with Gasteiger partial charge in [0.1, 0.15) is 6.26 Å². The van der Waals surface area contributed by atoms with Gasteiger partial charge in [-0.05, 0) is 30.8 Å². The van der Waals surface area contributed by atoms with Crippen molar-refractivity contribution in [2.75, 3.05) is 0 Å². The van der Waals surface area contributed by atoms with Gasteiger partial charge in [0.05, 0.1) is 0 Å². The van der Waals surface area contributed by atoms with Gasteiger partial charge >= 0.3 is 0 Å². The molecule has 0 aromatic carbocycles. The van der Waals surface area contributed by atoms with E-state index in [2.05, 4.69) is 32.5 Å². The van der Waals surface area contributed by atoms with Crippen LogP contribution in [0.15, 0.2) is 11.8 Å². The lowest BCUT2D eigenvalue weighted by Gasteiger charge is -2.18. The lowest BCUT2D eigenvalue weighted by molar-refractivity contribution is 0.251. The molecule has 2 heteroatoms. The van der Waals surface area contributed by atoms with Crippen molar-refractivity contribution in [1.82, 2.24) is 0 Å². The third-order valence-corrected chi connectivity index (χ3v) is 2.08. The first-order chi connectivity index (χ1) is 5.13. The fourth-order valence-electron chi connectivity index (χ4n) is 1.51. The standard InChI is InChI=1S/C9H19NO/c1-5-9(7(2)3)8(4)6-11-10/h6-7,9H,5,10H2,1-4H3/b8-6-/t9-/m0/s1. The molecule has 0 fully saturated rings. The Kier molecular flexibility index (Phi) is 4.95. The molecular formula is C9H19NO. The summed E-state index contributed by atoms with van der Waals surface area (Å²) < 4.78 is 0. The molecule has 0 unspecified atom stereocenters. The highest BCUT2D eigenvalue weighted by atomic mass is 16.6. The lowest BCUT2D eigenvalue weighted by atomic mass is 9.87. The van der Waals surface area contributed by atoms with Gasteiger partial charge in [-0.1, -0.05) is 20.8 Å². The van der Waals surface area contributed by atoms with Gasteiger partial charge in [-0.25, -0.2) is 0 Å². The van der Waals surface area contributed by atoms with E-state index in [4.69, 9.17) is 5.90 Å². The molecular weight excluding hydrogens is 138 g/mol. The third-order valence-electron chi connectivity index (χ3n) is 2.08. The predicted octanol–water partition coefficient (Wildman–Crippen LogP) is 2.46. The van der Waals surface area contributed by atoms with E-state index >= 15 is 0 Å². The van der Waals surface area contributed by atoms with E-state index in [1.165, 1.54) is 5.57 Å². The summed E-state index contributed by atoms with van der Waals surface area (Å²) in [7, 11) is 0. The summed E-state index contributed by atoms with van der Waals surface area (Å²) in [4.78, 5) is 4.47. The van der Waals surface area contributed by atoms with Crippen LogP contribution in [0.5, 0.6) is 0 Å². The minimum atomic E-state index is 0.596. The lowest BCUT2D eigenvalue weighted by Crippen LogP contribution is -2.09. The second-order valence-corrected chi connectivity index (χ2v) is 3.26. The van der Waals surface area contributed by atoms with Gasteiger partial charge in [0.25, 0.3) is 0 Å². The first-order valence-electron chi connectivity index (χ1n) is 4.15. The van der Waals surface area contributed by atoms with Gasteiger partial charge < -0.3 is 4.84 Å². The molecule has 0 saturated carbocycles. The molecule has 66 valence electrons. The zero-order valence-corrected chi connectivity index (χ0v) is 7.92. The average molecular weight is 157 g/mol. The molecule has 0 aliphatic carbocycles. The summed E-state index contributed by atoms with van der Waals surface area (Å²) in [6, 6.07) is 0. The van der Waals surface area contributed by atoms with E-state index in [9.17, 15) is 0 Å². The molecule has 0 bridgehead atoms. The highest BCUT2D eigenvalue weighted by Gasteiger charge is 2.12. The maximum Gasteiger partial charge on any atom is 0.110 e. The van der Waals surface area contributed by atoms with Crippen molar-refractivity contribution in [1.29, 1.82) is 0 Å². The summed E-state index contributed by atoms with van der Waals surface area (Å²) >= 11 is 0. The van der Waals surface area contributed by atoms with Crippen LogP contribution in [-0.4, -0.2) is 0 Å². The van der Waals surface area contributed by atoms with Crippen molar-refractivity contribution in [2.24, 2.45) is 17.7 Å². The summed E-state index contributed by atoms with van der Waals surface area (Å²) in [5, 5.41) is 0. The second-order valence-electron chi connectivity index (χ2n) is 3.26. The van der Waals surface area contributed by atoms with E-state index in [-0.39, 0.29) is 0 Å². The number of allylic oxidation sites excluding steroid dienone is 1. The average Bonchev–Trinajstić information content (AvgIpc) is 1.88. The highest BCUT2D eigenvalue weighted by Crippen LogP contribution is 2.22. The Hall–Kier alpha value is -0.500. The molecule has 0 aromatic rings. The Balaban J connectivity index is 4.13. The normalized spacial score (nSPS) is 15.3. The largest absolute Gasteiger partial charge is 0.419 e. The van der Waals surface area contributed by atoms with Gasteiger partial charge in [0.2, 0.25) is 0 Å². The highest BCUT2D eigenvalue weighted by molar-refractivity contribution is 5.00. The van der Waals surface area contributed by atoms with Crippen LogP contribution >= 0.6 is 0 Å². The van der Waals surface area contributed by atoms with E-state index in [0.717, 1.165) is 6.42 Å². The maximum absolute atomic E-state index is 4.95. The molecule has 0 radical (unpaired) electrons. The summed E-state index contributed by atoms with van der Waals surface area (Å²) in [5.41, 5.74) is 1.23. The summed E-state index contributed by atoms with van der Waals surface area (Å²) in [5.74, 6) is 6.20. The van der Waals surface area contributed by atoms with E-state index in [1.54, 1.807) is 6.26 Å². The molecule has 0 aliphatic rings. The fraction of sp³-hybridized carbons (Fsp3) is 0.778. The predicted molar refractivity (Wildman–Crippen MR) is 47.6 cm³/mol. The van der Waals surface area contributed by atoms with Crippen LogP contribution in [0.25, 0.3) is 0 Å². The van der Waals surface area contributed by atoms with Crippen LogP contribution in [-0.2, 0) is 4.84 Å². The van der Waals surface area contributed by atoms with Crippen molar-refractivity contribution in [3.8, 4) is 0 Å². The molecule has 0 aliphatic heterocycles. The second kappa shape index (κ2) is 5.19. The van der Waals surface area contributed by atoms with Crippen LogP contribution < -0.4 is 5.90 Å². The van der Waals surface area contributed by atoms with Gasteiger partial charge in [0.15, 0.2) is 0 Å². The topological polar surface area (TPSA) is 35.2 Å². The summed E-state index contributed by atoms with van der Waals surface area (Å²) in [6.45, 7) is 8.66. The Labute approximate surface area is 69.4 Å².